The predicted molar refractivity (Wildman–Crippen MR) is 111 cm³/mol. The SMILES string of the molecule is CC(=O)C1=C(O)CC(C)(C)CC1=Nc1ccc(C(=O)c2ccccc2)cc1N. The van der Waals surface area contributed by atoms with Crippen LogP contribution in [0.2, 0.25) is 0 Å². The van der Waals surface area contributed by atoms with Gasteiger partial charge in [-0.25, -0.2) is 0 Å². The van der Waals surface area contributed by atoms with E-state index in [1.54, 1.807) is 30.3 Å². The maximum atomic E-state index is 12.6. The second kappa shape index (κ2) is 7.43. The molecule has 1 aliphatic rings. The lowest BCUT2D eigenvalue weighted by Crippen LogP contribution is -2.28. The van der Waals surface area contributed by atoms with Gasteiger partial charge in [0.1, 0.15) is 5.76 Å². The number of benzene rings is 2. The van der Waals surface area contributed by atoms with Crippen molar-refractivity contribution in [1.82, 2.24) is 0 Å². The molecule has 0 aliphatic heterocycles. The third-order valence-electron chi connectivity index (χ3n) is 4.80. The number of aliphatic hydroxyl groups is 1. The zero-order chi connectivity index (χ0) is 20.5. The molecular weight excluding hydrogens is 352 g/mol. The zero-order valence-electron chi connectivity index (χ0n) is 16.3. The van der Waals surface area contributed by atoms with Crippen molar-refractivity contribution in [2.75, 3.05) is 5.73 Å². The molecule has 1 aliphatic carbocycles. The van der Waals surface area contributed by atoms with Crippen LogP contribution >= 0.6 is 0 Å². The largest absolute Gasteiger partial charge is 0.511 e. The van der Waals surface area contributed by atoms with Gasteiger partial charge in [-0.15, -0.1) is 0 Å². The Morgan fingerprint density at radius 3 is 2.32 bits per heavy atom. The molecule has 144 valence electrons. The van der Waals surface area contributed by atoms with E-state index in [4.69, 9.17) is 5.73 Å². The number of nitrogens with two attached hydrogens (primary N) is 1. The molecule has 0 atom stereocenters. The summed E-state index contributed by atoms with van der Waals surface area (Å²) in [4.78, 5) is 29.2. The number of allylic oxidation sites excluding steroid dienone is 2. The maximum Gasteiger partial charge on any atom is 0.193 e. The fourth-order valence-corrected chi connectivity index (χ4v) is 3.51. The van der Waals surface area contributed by atoms with Crippen molar-refractivity contribution < 1.29 is 14.7 Å². The number of carbonyl (C=O) groups is 2. The van der Waals surface area contributed by atoms with E-state index in [0.717, 1.165) is 0 Å². The highest BCUT2D eigenvalue weighted by Gasteiger charge is 2.33. The Morgan fingerprint density at radius 2 is 1.71 bits per heavy atom. The summed E-state index contributed by atoms with van der Waals surface area (Å²) in [6, 6.07) is 13.9. The fraction of sp³-hybridized carbons (Fsp3) is 0.261. The number of ketones is 2. The van der Waals surface area contributed by atoms with Crippen LogP contribution in [-0.4, -0.2) is 22.4 Å². The number of hydrogen-bond acceptors (Lipinski definition) is 5. The molecule has 0 radical (unpaired) electrons. The predicted octanol–water partition coefficient (Wildman–Crippen LogP) is 4.79. The van der Waals surface area contributed by atoms with Crippen LogP contribution in [0.1, 0.15) is 49.5 Å². The van der Waals surface area contributed by atoms with Gasteiger partial charge in [0, 0.05) is 17.5 Å². The number of nitrogen functional groups attached to an aromatic ring is 1. The number of aliphatic imine (C=N–C) groups is 1. The molecule has 0 heterocycles. The molecule has 0 saturated carbocycles. The van der Waals surface area contributed by atoms with Crippen molar-refractivity contribution in [2.45, 2.75) is 33.6 Å². The molecule has 3 N–H and O–H groups in total. The van der Waals surface area contributed by atoms with E-state index in [1.807, 2.05) is 32.0 Å². The molecular formula is C23H24N2O3. The molecule has 0 amide bonds. The van der Waals surface area contributed by atoms with E-state index >= 15 is 0 Å². The van der Waals surface area contributed by atoms with E-state index in [1.165, 1.54) is 6.92 Å². The highest BCUT2D eigenvalue weighted by molar-refractivity contribution is 6.23. The lowest BCUT2D eigenvalue weighted by atomic mass is 9.75. The highest BCUT2D eigenvalue weighted by Crippen LogP contribution is 2.38. The number of hydrogen-bond donors (Lipinski definition) is 2. The van der Waals surface area contributed by atoms with Gasteiger partial charge in [-0.2, -0.15) is 0 Å². The maximum absolute atomic E-state index is 12.6. The van der Waals surface area contributed by atoms with Crippen molar-refractivity contribution in [3.63, 3.8) is 0 Å². The van der Waals surface area contributed by atoms with Crippen molar-refractivity contribution >= 4 is 28.7 Å². The normalized spacial score (nSPS) is 17.6. The minimum Gasteiger partial charge on any atom is -0.511 e. The number of nitrogens with zero attached hydrogens (tertiary/aromatic N) is 1. The minimum absolute atomic E-state index is 0.0666. The monoisotopic (exact) mass is 376 g/mol. The van der Waals surface area contributed by atoms with Gasteiger partial charge in [0.15, 0.2) is 11.6 Å². The van der Waals surface area contributed by atoms with Gasteiger partial charge < -0.3 is 10.8 Å². The summed E-state index contributed by atoms with van der Waals surface area (Å²) in [6.45, 7) is 5.45. The second-order valence-electron chi connectivity index (χ2n) is 7.92. The second-order valence-corrected chi connectivity index (χ2v) is 7.92. The van der Waals surface area contributed by atoms with E-state index in [0.29, 0.717) is 41.1 Å². The Kier molecular flexibility index (Phi) is 5.18. The summed E-state index contributed by atoms with van der Waals surface area (Å²) < 4.78 is 0. The Hall–Kier alpha value is -3.21. The quantitative estimate of drug-likeness (QED) is 0.592. The highest BCUT2D eigenvalue weighted by atomic mass is 16.3. The number of anilines is 1. The Balaban J connectivity index is 1.99. The van der Waals surface area contributed by atoms with Gasteiger partial charge in [-0.05, 0) is 37.0 Å². The molecule has 5 nitrogen and oxygen atoms in total. The van der Waals surface area contributed by atoms with Crippen LogP contribution in [0.4, 0.5) is 11.4 Å². The standard InChI is InChI=1S/C23H24N2O3/c1-14(26)21-19(12-23(2,3)13-20(21)27)25-18-10-9-16(11-17(18)24)22(28)15-7-5-4-6-8-15/h4-11,27H,12-13,24H2,1-3H3. The van der Waals surface area contributed by atoms with Gasteiger partial charge in [0.25, 0.3) is 0 Å². The van der Waals surface area contributed by atoms with Crippen molar-refractivity contribution in [2.24, 2.45) is 10.4 Å². The molecule has 3 rings (SSSR count). The first-order valence-electron chi connectivity index (χ1n) is 9.18. The van der Waals surface area contributed by atoms with Crippen LogP contribution in [0.3, 0.4) is 0 Å². The lowest BCUT2D eigenvalue weighted by Gasteiger charge is -2.31. The van der Waals surface area contributed by atoms with E-state index < -0.39 is 0 Å². The number of rotatable bonds is 4. The fourth-order valence-electron chi connectivity index (χ4n) is 3.51. The number of Topliss-reactive ketones (excluding diaryl/α,β-unsaturated/α-hetero) is 1. The van der Waals surface area contributed by atoms with E-state index in [-0.39, 0.29) is 28.3 Å². The zero-order valence-corrected chi connectivity index (χ0v) is 16.3. The topological polar surface area (TPSA) is 92.7 Å². The summed E-state index contributed by atoms with van der Waals surface area (Å²) in [5.74, 6) is -0.273. The molecule has 28 heavy (non-hydrogen) atoms. The molecule has 0 bridgehead atoms. The molecule has 0 fully saturated rings. The first-order chi connectivity index (χ1) is 13.2. The molecule has 2 aromatic carbocycles. The average molecular weight is 376 g/mol. The van der Waals surface area contributed by atoms with Gasteiger partial charge in [-0.3, -0.25) is 14.6 Å². The van der Waals surface area contributed by atoms with Gasteiger partial charge in [-0.1, -0.05) is 44.2 Å². The van der Waals surface area contributed by atoms with E-state index in [2.05, 4.69) is 4.99 Å². The first-order valence-corrected chi connectivity index (χ1v) is 9.18. The summed E-state index contributed by atoms with van der Waals surface area (Å²) >= 11 is 0. The average Bonchev–Trinajstić information content (AvgIpc) is 2.61. The third kappa shape index (κ3) is 4.03. The Morgan fingerprint density at radius 1 is 1.04 bits per heavy atom. The molecule has 0 aromatic heterocycles. The van der Waals surface area contributed by atoms with Crippen molar-refractivity contribution in [3.8, 4) is 0 Å². The first kappa shape index (κ1) is 19.5. The summed E-state index contributed by atoms with van der Waals surface area (Å²) in [7, 11) is 0. The van der Waals surface area contributed by atoms with Crippen LogP contribution in [0, 0.1) is 5.41 Å². The van der Waals surface area contributed by atoms with Crippen LogP contribution in [0.15, 0.2) is 64.9 Å². The summed E-state index contributed by atoms with van der Waals surface area (Å²) in [6.07, 6.45) is 0.983. The molecule has 5 heteroatoms. The van der Waals surface area contributed by atoms with E-state index in [9.17, 15) is 14.7 Å². The van der Waals surface area contributed by atoms with Crippen LogP contribution < -0.4 is 5.73 Å². The Bertz CT molecular complexity index is 1000. The lowest BCUT2D eigenvalue weighted by molar-refractivity contribution is -0.113. The molecule has 0 saturated heterocycles. The Labute approximate surface area is 164 Å². The smallest absolute Gasteiger partial charge is 0.193 e. The van der Waals surface area contributed by atoms with Crippen molar-refractivity contribution in [1.29, 1.82) is 0 Å². The van der Waals surface area contributed by atoms with Crippen molar-refractivity contribution in [3.05, 3.63) is 71.0 Å². The summed E-state index contributed by atoms with van der Waals surface area (Å²) in [5, 5.41) is 10.3. The number of carbonyl (C=O) groups excluding carboxylic acids is 2. The van der Waals surface area contributed by atoms with Crippen LogP contribution in [0.5, 0.6) is 0 Å². The van der Waals surface area contributed by atoms with Crippen LogP contribution in [0.25, 0.3) is 0 Å². The minimum atomic E-state index is -0.221. The van der Waals surface area contributed by atoms with Gasteiger partial charge in [0.05, 0.1) is 22.7 Å². The van der Waals surface area contributed by atoms with Gasteiger partial charge in [0.2, 0.25) is 0 Å². The number of aliphatic hydroxyl groups excluding tert-OH is 1. The summed E-state index contributed by atoms with van der Waals surface area (Å²) in [5.41, 5.74) is 8.62. The van der Waals surface area contributed by atoms with Crippen LogP contribution in [-0.2, 0) is 4.79 Å². The molecule has 0 unspecified atom stereocenters. The molecule has 0 spiro atoms. The molecule has 2 aromatic rings. The third-order valence-corrected chi connectivity index (χ3v) is 4.80. The van der Waals surface area contributed by atoms with Gasteiger partial charge >= 0.3 is 0 Å².